The van der Waals surface area contributed by atoms with Crippen molar-refractivity contribution in [3.05, 3.63) is 192 Å². The molecule has 11 nitrogen and oxygen atoms in total. The minimum absolute atomic E-state index is 0.141. The van der Waals surface area contributed by atoms with Crippen molar-refractivity contribution >= 4 is 8.32 Å². The summed E-state index contributed by atoms with van der Waals surface area (Å²) in [4.78, 5) is 0. The molecule has 3 aliphatic heterocycles. The lowest BCUT2D eigenvalue weighted by Crippen LogP contribution is -2.67. The van der Waals surface area contributed by atoms with E-state index in [9.17, 15) is 0 Å². The van der Waals surface area contributed by atoms with Crippen LogP contribution in [0.15, 0.2) is 158 Å². The Morgan fingerprint density at radius 3 is 1.56 bits per heavy atom. The Labute approximate surface area is 429 Å². The normalized spacial score (nSPS) is 26.0. The van der Waals surface area contributed by atoms with Gasteiger partial charge in [0.2, 0.25) is 0 Å². The van der Waals surface area contributed by atoms with E-state index in [4.69, 9.17) is 51.8 Å². The maximum Gasteiger partial charge on any atom is 0.200 e. The lowest BCUT2D eigenvalue weighted by atomic mass is 9.95. The average molecular weight is 1000 g/mol. The smallest absolute Gasteiger partial charge is 0.200 e. The molecule has 0 spiro atoms. The van der Waals surface area contributed by atoms with Gasteiger partial charge >= 0.3 is 0 Å². The van der Waals surface area contributed by atoms with Gasteiger partial charge in [-0.15, -0.1) is 6.58 Å². The summed E-state index contributed by atoms with van der Waals surface area (Å²) < 4.78 is 77.9. The van der Waals surface area contributed by atoms with Gasteiger partial charge in [0.05, 0.1) is 59.5 Å². The van der Waals surface area contributed by atoms with Crippen LogP contribution in [0.2, 0.25) is 16.6 Å². The van der Waals surface area contributed by atoms with Gasteiger partial charge in [0, 0.05) is 0 Å². The zero-order chi connectivity index (χ0) is 50.3. The van der Waals surface area contributed by atoms with E-state index in [0.29, 0.717) is 23.2 Å². The quantitative estimate of drug-likeness (QED) is 0.0519. The molecule has 0 unspecified atom stereocenters. The highest BCUT2D eigenvalue weighted by Gasteiger charge is 2.55. The molecular formula is C60H76O11Si. The Kier molecular flexibility index (Phi) is 20.0. The fourth-order valence-electron chi connectivity index (χ4n) is 10.8. The van der Waals surface area contributed by atoms with Crippen LogP contribution in [0.5, 0.6) is 0 Å². The van der Waals surface area contributed by atoms with Gasteiger partial charge < -0.3 is 51.8 Å². The van der Waals surface area contributed by atoms with Crippen molar-refractivity contribution < 1.29 is 51.8 Å². The van der Waals surface area contributed by atoms with Crippen LogP contribution in [0.25, 0.3) is 0 Å². The van der Waals surface area contributed by atoms with E-state index < -0.39 is 69.7 Å². The van der Waals surface area contributed by atoms with Crippen molar-refractivity contribution in [2.24, 2.45) is 0 Å². The third kappa shape index (κ3) is 13.9. The van der Waals surface area contributed by atoms with Crippen LogP contribution in [0.1, 0.15) is 74.9 Å². The standard InChI is InChI=1S/C60H76O11Si/c1-8-32-62-53-52(41-68-72(42(2)3,43(4)5)44(6)7)70-60-58(66-37-47-26-17-11-18-27-47)55(53)64-39-50-31-21-30-49(33-50)34-61-40-51-54(71-60)56(63-35-45-22-13-9-14-23-45)57(65-36-46-24-15-10-16-25-46)59(69-51)67-38-48-28-19-12-20-29-48/h8-31,33,42-44,51-60H,1,32,34-41H2,2-7H3/t51-,52-,53-,54-,55+,56+,57-,58-,59+,60-/m1/s1. The maximum atomic E-state index is 7.56. The van der Waals surface area contributed by atoms with E-state index in [0.717, 1.165) is 33.4 Å². The molecule has 0 N–H and O–H groups in total. The van der Waals surface area contributed by atoms with Gasteiger partial charge in [-0.3, -0.25) is 0 Å². The third-order valence-corrected chi connectivity index (χ3v) is 20.3. The first-order valence-corrected chi connectivity index (χ1v) is 28.0. The SMILES string of the molecule is C=CCO[C@H]1[C@@H]2OCc3cccc(c3)COC[C@H]3O[C@H](OCc4ccccc4)[C@H](OCc4ccccc4)[C@@H](OCc4ccccc4)[C@@H]3O[C@@H](O[C@@H]1CO[Si](C(C)C)(C(C)C)C(C)C)[C@@H]2OCc1ccccc1. The van der Waals surface area contributed by atoms with E-state index >= 15 is 0 Å². The van der Waals surface area contributed by atoms with Crippen LogP contribution in [-0.2, 0) is 91.4 Å². The monoisotopic (exact) mass is 1000 g/mol. The summed E-state index contributed by atoms with van der Waals surface area (Å²) in [5, 5.41) is 0. The number of hydrogen-bond donors (Lipinski definition) is 0. The molecule has 4 bridgehead atoms. The Morgan fingerprint density at radius 2 is 1.03 bits per heavy atom. The van der Waals surface area contributed by atoms with E-state index in [1.807, 2.05) is 127 Å². The maximum absolute atomic E-state index is 7.56. The molecule has 386 valence electrons. The van der Waals surface area contributed by atoms with Crippen LogP contribution < -0.4 is 0 Å². The van der Waals surface area contributed by atoms with E-state index in [-0.39, 0.29) is 52.9 Å². The number of fused-ring (bicyclic) bond motifs is 5. The van der Waals surface area contributed by atoms with Crippen molar-refractivity contribution in [1.29, 1.82) is 0 Å². The predicted molar refractivity (Wildman–Crippen MR) is 280 cm³/mol. The van der Waals surface area contributed by atoms with E-state index in [1.165, 1.54) is 0 Å². The van der Waals surface area contributed by atoms with Crippen LogP contribution in [0.3, 0.4) is 0 Å². The Morgan fingerprint density at radius 1 is 0.528 bits per heavy atom. The highest BCUT2D eigenvalue weighted by molar-refractivity contribution is 6.77. The molecule has 3 heterocycles. The fourth-order valence-corrected chi connectivity index (χ4v) is 16.2. The summed E-state index contributed by atoms with van der Waals surface area (Å²) in [7, 11) is -2.42. The minimum atomic E-state index is -2.42. The molecular weight excluding hydrogens is 925 g/mol. The lowest BCUT2D eigenvalue weighted by molar-refractivity contribution is -0.377. The molecule has 12 heteroatoms. The molecule has 0 radical (unpaired) electrons. The second-order valence-corrected chi connectivity index (χ2v) is 25.6. The molecule has 10 atom stereocenters. The molecule has 5 aromatic rings. The minimum Gasteiger partial charge on any atom is -0.413 e. The molecule has 3 aliphatic rings. The number of rotatable bonds is 21. The summed E-state index contributed by atoms with van der Waals surface area (Å²) in [6.07, 6.45) is -6.14. The number of hydrogen-bond acceptors (Lipinski definition) is 11. The van der Waals surface area contributed by atoms with Gasteiger partial charge in [0.25, 0.3) is 0 Å². The average Bonchev–Trinajstić information content (AvgIpc) is 3.39. The number of ether oxygens (including phenoxy) is 10. The zero-order valence-corrected chi connectivity index (χ0v) is 44.0. The summed E-state index contributed by atoms with van der Waals surface area (Å²) in [5.74, 6) is 0. The molecule has 0 aliphatic carbocycles. The summed E-state index contributed by atoms with van der Waals surface area (Å²) >= 11 is 0. The van der Waals surface area contributed by atoms with Crippen LogP contribution in [0, 0.1) is 0 Å². The van der Waals surface area contributed by atoms with Gasteiger partial charge in [-0.25, -0.2) is 0 Å². The van der Waals surface area contributed by atoms with Crippen molar-refractivity contribution in [2.75, 3.05) is 19.8 Å². The first-order chi connectivity index (χ1) is 35.1. The van der Waals surface area contributed by atoms with Crippen molar-refractivity contribution in [3.8, 4) is 0 Å². The second kappa shape index (κ2) is 26.7. The summed E-state index contributed by atoms with van der Waals surface area (Å²) in [6.45, 7) is 20.1. The summed E-state index contributed by atoms with van der Waals surface area (Å²) in [6, 6.07) is 48.6. The molecule has 0 saturated carbocycles. The van der Waals surface area contributed by atoms with Crippen molar-refractivity contribution in [3.63, 3.8) is 0 Å². The molecule has 0 amide bonds. The van der Waals surface area contributed by atoms with Crippen molar-refractivity contribution in [2.45, 2.75) is 159 Å². The lowest BCUT2D eigenvalue weighted by Gasteiger charge is -2.51. The third-order valence-electron chi connectivity index (χ3n) is 14.2. The van der Waals surface area contributed by atoms with Gasteiger partial charge in [-0.05, 0) is 50.0 Å². The highest BCUT2D eigenvalue weighted by Crippen LogP contribution is 2.44. The highest BCUT2D eigenvalue weighted by atomic mass is 28.4. The van der Waals surface area contributed by atoms with Gasteiger partial charge in [-0.1, -0.05) is 193 Å². The first-order valence-electron chi connectivity index (χ1n) is 25.8. The van der Waals surface area contributed by atoms with Crippen LogP contribution in [-0.4, -0.2) is 89.5 Å². The van der Waals surface area contributed by atoms with E-state index in [2.05, 4.69) is 66.3 Å². The largest absolute Gasteiger partial charge is 0.413 e. The summed E-state index contributed by atoms with van der Waals surface area (Å²) in [5.41, 5.74) is 6.92. The Balaban J connectivity index is 1.25. The molecule has 0 aromatic heterocycles. The van der Waals surface area contributed by atoms with E-state index in [1.54, 1.807) is 6.08 Å². The molecule has 2 fully saturated rings. The predicted octanol–water partition coefficient (Wildman–Crippen LogP) is 11.7. The van der Waals surface area contributed by atoms with Gasteiger partial charge in [0.1, 0.15) is 48.8 Å². The zero-order valence-electron chi connectivity index (χ0n) is 43.0. The molecule has 72 heavy (non-hydrogen) atoms. The molecule has 2 saturated heterocycles. The first kappa shape index (κ1) is 53.9. The van der Waals surface area contributed by atoms with Crippen molar-refractivity contribution in [1.82, 2.24) is 0 Å². The van der Waals surface area contributed by atoms with Crippen LogP contribution in [0.4, 0.5) is 0 Å². The Bertz CT molecular complexity index is 2320. The van der Waals surface area contributed by atoms with Crippen LogP contribution >= 0.6 is 0 Å². The topological polar surface area (TPSA) is 102 Å². The number of benzene rings is 5. The van der Waals surface area contributed by atoms with Gasteiger partial charge in [-0.2, -0.15) is 0 Å². The van der Waals surface area contributed by atoms with Gasteiger partial charge in [0.15, 0.2) is 20.9 Å². The fraction of sp³-hybridized carbons (Fsp3) is 0.467. The Hall–Kier alpha value is -4.38. The second-order valence-electron chi connectivity index (χ2n) is 20.1. The molecule has 5 aromatic carbocycles. The molecule has 8 rings (SSSR count).